The number of benzene rings is 1. The first-order valence-corrected chi connectivity index (χ1v) is 8.84. The van der Waals surface area contributed by atoms with E-state index in [0.717, 1.165) is 33.5 Å². The number of fused-ring (bicyclic) bond motifs is 1. The fourth-order valence-electron chi connectivity index (χ4n) is 2.70. The number of methoxy groups -OCH3 is 1. The molecule has 0 aliphatic carbocycles. The maximum absolute atomic E-state index is 12.8. The highest BCUT2D eigenvalue weighted by Gasteiger charge is 2.34. The molecule has 1 aromatic carbocycles. The Morgan fingerprint density at radius 2 is 2.00 bits per heavy atom. The highest BCUT2D eigenvalue weighted by Crippen LogP contribution is 2.33. The van der Waals surface area contributed by atoms with Gasteiger partial charge in [-0.3, -0.25) is 4.40 Å². The van der Waals surface area contributed by atoms with Crippen LogP contribution >= 0.6 is 11.3 Å². The largest absolute Gasteiger partial charge is 0.497 e. The standard InChI is InChI=1S/C18H14F3N4OS/c1-26-14-4-2-12(3-5-14)9-24-6-7-25-13(10-24)8-22-16(25)17-23-15(11-27-17)18(19,20)21/h2-8,10-11H,9H2,1H3/q+1. The van der Waals surface area contributed by atoms with Crippen LogP contribution in [-0.2, 0) is 12.7 Å². The Kier molecular flexibility index (Phi) is 4.31. The average Bonchev–Trinajstić information content (AvgIpc) is 3.28. The lowest BCUT2D eigenvalue weighted by Crippen LogP contribution is -2.33. The molecule has 0 unspecified atom stereocenters. The summed E-state index contributed by atoms with van der Waals surface area (Å²) in [6, 6.07) is 7.75. The normalized spacial score (nSPS) is 11.9. The molecule has 5 nitrogen and oxygen atoms in total. The van der Waals surface area contributed by atoms with E-state index in [1.165, 1.54) is 0 Å². The summed E-state index contributed by atoms with van der Waals surface area (Å²) in [4.78, 5) is 7.92. The van der Waals surface area contributed by atoms with E-state index in [-0.39, 0.29) is 5.01 Å². The van der Waals surface area contributed by atoms with Gasteiger partial charge in [0, 0.05) is 10.9 Å². The number of hydrogen-bond acceptors (Lipinski definition) is 4. The Hall–Kier alpha value is -2.94. The summed E-state index contributed by atoms with van der Waals surface area (Å²) in [5.74, 6) is 1.18. The molecule has 0 saturated heterocycles. The highest BCUT2D eigenvalue weighted by atomic mass is 32.1. The average molecular weight is 391 g/mol. The van der Waals surface area contributed by atoms with Gasteiger partial charge in [0.2, 0.25) is 0 Å². The van der Waals surface area contributed by atoms with E-state index in [0.29, 0.717) is 12.4 Å². The van der Waals surface area contributed by atoms with Crippen molar-refractivity contribution >= 4 is 16.9 Å². The third-order valence-electron chi connectivity index (χ3n) is 4.04. The van der Waals surface area contributed by atoms with Gasteiger partial charge in [-0.1, -0.05) is 0 Å². The van der Waals surface area contributed by atoms with Gasteiger partial charge < -0.3 is 4.74 Å². The fourth-order valence-corrected chi connectivity index (χ4v) is 3.51. The van der Waals surface area contributed by atoms with Crippen LogP contribution in [0.3, 0.4) is 0 Å². The summed E-state index contributed by atoms with van der Waals surface area (Å²) in [6.07, 6.45) is 2.67. The predicted octanol–water partition coefficient (Wildman–Crippen LogP) is 3.82. The number of nitrogens with zero attached hydrogens (tertiary/aromatic N) is 4. The molecule has 4 rings (SSSR count). The lowest BCUT2D eigenvalue weighted by atomic mass is 10.2. The zero-order valence-electron chi connectivity index (χ0n) is 14.1. The smallest absolute Gasteiger partial charge is 0.434 e. The van der Waals surface area contributed by atoms with Crippen LogP contribution in [0, 0.1) is 0 Å². The third kappa shape index (κ3) is 3.50. The van der Waals surface area contributed by atoms with Gasteiger partial charge >= 0.3 is 6.18 Å². The van der Waals surface area contributed by atoms with E-state index < -0.39 is 11.9 Å². The molecule has 0 fully saturated rings. The van der Waals surface area contributed by atoms with Crippen LogP contribution in [0.5, 0.6) is 5.75 Å². The number of rotatable bonds is 4. The lowest BCUT2D eigenvalue weighted by Gasteiger charge is -2.02. The summed E-state index contributed by atoms with van der Waals surface area (Å²) in [5.41, 5.74) is 0.967. The van der Waals surface area contributed by atoms with Gasteiger partial charge in [-0.15, -0.1) is 11.3 Å². The first-order valence-electron chi connectivity index (χ1n) is 7.96. The van der Waals surface area contributed by atoms with Crippen LogP contribution in [0.4, 0.5) is 13.2 Å². The predicted molar refractivity (Wildman–Crippen MR) is 93.6 cm³/mol. The van der Waals surface area contributed by atoms with Crippen LogP contribution in [0.2, 0.25) is 0 Å². The van der Waals surface area contributed by atoms with Gasteiger partial charge in [0.25, 0.3) is 0 Å². The zero-order valence-corrected chi connectivity index (χ0v) is 15.0. The molecule has 0 N–H and O–H groups in total. The number of alkyl halides is 3. The molecule has 0 saturated carbocycles. The molecule has 0 aliphatic heterocycles. The van der Waals surface area contributed by atoms with Crippen LogP contribution in [0.25, 0.3) is 16.3 Å². The summed E-state index contributed by atoms with van der Waals surface area (Å²) >= 11 is 0.926. The first-order chi connectivity index (χ1) is 12.9. The molecule has 9 heteroatoms. The van der Waals surface area contributed by atoms with Crippen molar-refractivity contribution in [3.8, 4) is 16.6 Å². The van der Waals surface area contributed by atoms with Crippen molar-refractivity contribution in [3.05, 3.63) is 65.7 Å². The van der Waals surface area contributed by atoms with E-state index >= 15 is 0 Å². The van der Waals surface area contributed by atoms with Crippen molar-refractivity contribution in [2.45, 2.75) is 12.7 Å². The van der Waals surface area contributed by atoms with Gasteiger partial charge in [0.05, 0.1) is 19.5 Å². The molecular weight excluding hydrogens is 377 g/mol. The number of hydrogen-bond donors (Lipinski definition) is 0. The van der Waals surface area contributed by atoms with E-state index in [2.05, 4.69) is 9.97 Å². The molecular formula is C18H14F3N4OS+. The summed E-state index contributed by atoms with van der Waals surface area (Å²) < 4.78 is 47.2. The quantitative estimate of drug-likeness (QED) is 0.497. The van der Waals surface area contributed by atoms with E-state index in [4.69, 9.17) is 4.74 Å². The molecule has 0 amide bonds. The Labute approximate surface area is 156 Å². The van der Waals surface area contributed by atoms with Crippen molar-refractivity contribution in [2.75, 3.05) is 7.11 Å². The lowest BCUT2D eigenvalue weighted by molar-refractivity contribution is -0.687. The third-order valence-corrected chi connectivity index (χ3v) is 4.88. The highest BCUT2D eigenvalue weighted by molar-refractivity contribution is 7.13. The molecule has 0 aliphatic rings. The molecule has 3 heterocycles. The summed E-state index contributed by atoms with van der Waals surface area (Å²) in [6.45, 7) is 0.649. The van der Waals surface area contributed by atoms with Crippen molar-refractivity contribution in [1.82, 2.24) is 14.4 Å². The second-order valence-electron chi connectivity index (χ2n) is 5.86. The van der Waals surface area contributed by atoms with Crippen molar-refractivity contribution < 1.29 is 22.5 Å². The summed E-state index contributed by atoms with van der Waals surface area (Å²) in [5, 5.41) is 1.23. The Bertz CT molecular complexity index is 1090. The molecule has 27 heavy (non-hydrogen) atoms. The Morgan fingerprint density at radius 3 is 2.67 bits per heavy atom. The van der Waals surface area contributed by atoms with Gasteiger partial charge in [0.1, 0.15) is 11.3 Å². The fraction of sp³-hybridized carbons (Fsp3) is 0.167. The van der Waals surface area contributed by atoms with Crippen molar-refractivity contribution in [2.24, 2.45) is 0 Å². The topological polar surface area (TPSA) is 43.3 Å². The van der Waals surface area contributed by atoms with E-state index in [1.807, 2.05) is 41.2 Å². The number of ether oxygens (including phenoxy) is 1. The van der Waals surface area contributed by atoms with Gasteiger partial charge in [-0.05, 0) is 24.3 Å². The van der Waals surface area contributed by atoms with E-state index in [1.54, 1.807) is 23.9 Å². The minimum Gasteiger partial charge on any atom is -0.497 e. The maximum atomic E-state index is 12.8. The molecule has 4 aromatic rings. The van der Waals surface area contributed by atoms with Crippen LogP contribution in [0.1, 0.15) is 11.3 Å². The monoisotopic (exact) mass is 391 g/mol. The van der Waals surface area contributed by atoms with Crippen LogP contribution in [0.15, 0.2) is 54.4 Å². The Morgan fingerprint density at radius 1 is 1.22 bits per heavy atom. The number of aromatic nitrogens is 4. The molecule has 0 bridgehead atoms. The van der Waals surface area contributed by atoms with Crippen LogP contribution in [-0.4, -0.2) is 21.5 Å². The molecule has 138 valence electrons. The van der Waals surface area contributed by atoms with Crippen LogP contribution < -0.4 is 9.30 Å². The van der Waals surface area contributed by atoms with Crippen molar-refractivity contribution in [1.29, 1.82) is 0 Å². The zero-order chi connectivity index (χ0) is 19.0. The van der Waals surface area contributed by atoms with Gasteiger partial charge in [0.15, 0.2) is 35.5 Å². The first kappa shape index (κ1) is 17.5. The molecule has 0 radical (unpaired) electrons. The SMILES string of the molecule is COc1ccc(C[n+]2ccn3c(-c4nc(C(F)(F)F)cs4)ncc3c2)cc1. The van der Waals surface area contributed by atoms with Crippen molar-refractivity contribution in [3.63, 3.8) is 0 Å². The second kappa shape index (κ2) is 6.66. The Balaban J connectivity index is 1.62. The van der Waals surface area contributed by atoms with Gasteiger partial charge in [-0.25, -0.2) is 9.97 Å². The van der Waals surface area contributed by atoms with Gasteiger partial charge in [-0.2, -0.15) is 17.7 Å². The number of thiazole rings is 1. The maximum Gasteiger partial charge on any atom is 0.434 e. The molecule has 0 spiro atoms. The molecule has 0 atom stereocenters. The minimum absolute atomic E-state index is 0.232. The summed E-state index contributed by atoms with van der Waals surface area (Å²) in [7, 11) is 1.62. The van der Waals surface area contributed by atoms with E-state index in [9.17, 15) is 13.2 Å². The number of halogens is 3. The number of imidazole rings is 1. The molecule has 3 aromatic heterocycles. The minimum atomic E-state index is -4.46. The second-order valence-corrected chi connectivity index (χ2v) is 6.72.